The van der Waals surface area contributed by atoms with Crippen LogP contribution in [0, 0.1) is 11.8 Å². The predicted molar refractivity (Wildman–Crippen MR) is 50.7 cm³/mol. The molecule has 1 aromatic carbocycles. The molecule has 0 saturated heterocycles. The van der Waals surface area contributed by atoms with Gasteiger partial charge in [0, 0.05) is 16.8 Å². The summed E-state index contributed by atoms with van der Waals surface area (Å²) in [5.41, 5.74) is 7.52. The van der Waals surface area contributed by atoms with Gasteiger partial charge in [-0.2, -0.15) is 0 Å². The van der Waals surface area contributed by atoms with Gasteiger partial charge in [0.2, 0.25) is 0 Å². The highest BCUT2D eigenvalue weighted by atomic mass is 16.3. The molecule has 0 atom stereocenters. The number of nitrogen functional groups attached to an aromatic ring is 1. The van der Waals surface area contributed by atoms with E-state index in [1.807, 2.05) is 0 Å². The fourth-order valence-electron chi connectivity index (χ4n) is 0.962. The van der Waals surface area contributed by atoms with Crippen molar-refractivity contribution < 1.29 is 10.2 Å². The van der Waals surface area contributed by atoms with E-state index in [1.165, 1.54) is 0 Å². The molecule has 0 saturated carbocycles. The van der Waals surface area contributed by atoms with E-state index in [2.05, 4.69) is 11.8 Å². The van der Waals surface area contributed by atoms with Crippen LogP contribution in [0.5, 0.6) is 0 Å². The summed E-state index contributed by atoms with van der Waals surface area (Å²) in [4.78, 5) is 0. The summed E-state index contributed by atoms with van der Waals surface area (Å²) in [6.07, 6.45) is 0. The number of aliphatic hydroxyl groups is 2. The minimum absolute atomic E-state index is 0.0967. The fourth-order valence-corrected chi connectivity index (χ4v) is 0.962. The molecule has 0 aliphatic carbocycles. The summed E-state index contributed by atoms with van der Waals surface area (Å²) < 4.78 is 0. The van der Waals surface area contributed by atoms with Gasteiger partial charge in [0.1, 0.15) is 6.61 Å². The van der Waals surface area contributed by atoms with Gasteiger partial charge < -0.3 is 15.9 Å². The average molecular weight is 177 g/mol. The number of aliphatic hydroxyl groups excluding tert-OH is 2. The quantitative estimate of drug-likeness (QED) is 0.421. The molecule has 0 heterocycles. The van der Waals surface area contributed by atoms with Gasteiger partial charge in [-0.3, -0.25) is 0 Å². The molecule has 4 N–H and O–H groups in total. The highest BCUT2D eigenvalue weighted by Gasteiger charge is 1.97. The van der Waals surface area contributed by atoms with E-state index in [0.29, 0.717) is 11.3 Å². The van der Waals surface area contributed by atoms with Crippen LogP contribution < -0.4 is 5.73 Å². The van der Waals surface area contributed by atoms with E-state index in [-0.39, 0.29) is 13.2 Å². The van der Waals surface area contributed by atoms with Crippen molar-refractivity contribution in [3.05, 3.63) is 29.3 Å². The molecule has 0 aliphatic rings. The van der Waals surface area contributed by atoms with Crippen LogP contribution in [0.2, 0.25) is 0 Å². The molecule has 3 heteroatoms. The zero-order chi connectivity index (χ0) is 9.68. The Morgan fingerprint density at radius 2 is 2.08 bits per heavy atom. The third-order valence-electron chi connectivity index (χ3n) is 1.63. The zero-order valence-corrected chi connectivity index (χ0v) is 7.12. The van der Waals surface area contributed by atoms with Gasteiger partial charge in [0.15, 0.2) is 0 Å². The van der Waals surface area contributed by atoms with Crippen molar-refractivity contribution in [3.8, 4) is 11.8 Å². The second kappa shape index (κ2) is 4.51. The van der Waals surface area contributed by atoms with Crippen LogP contribution in [-0.4, -0.2) is 16.8 Å². The van der Waals surface area contributed by atoms with E-state index in [1.54, 1.807) is 18.2 Å². The van der Waals surface area contributed by atoms with Crippen LogP contribution in [0.1, 0.15) is 11.1 Å². The Kier molecular flexibility index (Phi) is 3.32. The topological polar surface area (TPSA) is 66.5 Å². The molecule has 3 nitrogen and oxygen atoms in total. The van der Waals surface area contributed by atoms with Gasteiger partial charge in [-0.05, 0) is 18.2 Å². The number of benzene rings is 1. The fraction of sp³-hybridized carbons (Fsp3) is 0.200. The standard InChI is InChI=1S/C10H11NO2/c11-10-4-3-8(2-1-5-12)6-9(10)7-13/h3-4,6,12-13H,5,7,11H2. The summed E-state index contributed by atoms with van der Waals surface area (Å²) in [5, 5.41) is 17.4. The average Bonchev–Trinajstić information content (AvgIpc) is 2.16. The second-order valence-electron chi connectivity index (χ2n) is 2.53. The summed E-state index contributed by atoms with van der Waals surface area (Å²) >= 11 is 0. The lowest BCUT2D eigenvalue weighted by atomic mass is 10.1. The van der Waals surface area contributed by atoms with Crippen LogP contribution in [-0.2, 0) is 6.61 Å². The molecule has 1 aromatic rings. The number of hydrogen-bond donors (Lipinski definition) is 3. The van der Waals surface area contributed by atoms with Crippen molar-refractivity contribution >= 4 is 5.69 Å². The molecule has 0 fully saturated rings. The smallest absolute Gasteiger partial charge is 0.104 e. The first-order chi connectivity index (χ1) is 6.27. The van der Waals surface area contributed by atoms with Crippen LogP contribution in [0.15, 0.2) is 18.2 Å². The van der Waals surface area contributed by atoms with Gasteiger partial charge in [-0.25, -0.2) is 0 Å². The molecular formula is C10H11NO2. The Labute approximate surface area is 76.8 Å². The van der Waals surface area contributed by atoms with Gasteiger partial charge in [0.25, 0.3) is 0 Å². The molecule has 13 heavy (non-hydrogen) atoms. The lowest BCUT2D eigenvalue weighted by Gasteiger charge is -2.01. The number of nitrogens with two attached hydrogens (primary N) is 1. The molecule has 0 aliphatic heterocycles. The largest absolute Gasteiger partial charge is 0.398 e. The van der Waals surface area contributed by atoms with Gasteiger partial charge in [-0.15, -0.1) is 0 Å². The first-order valence-electron chi connectivity index (χ1n) is 3.87. The summed E-state index contributed by atoms with van der Waals surface area (Å²) in [7, 11) is 0. The second-order valence-corrected chi connectivity index (χ2v) is 2.53. The number of anilines is 1. The molecule has 0 bridgehead atoms. The minimum atomic E-state index is -0.168. The van der Waals surface area contributed by atoms with Gasteiger partial charge in [0.05, 0.1) is 6.61 Å². The molecular weight excluding hydrogens is 166 g/mol. The van der Waals surface area contributed by atoms with Crippen molar-refractivity contribution in [2.75, 3.05) is 12.3 Å². The van der Waals surface area contributed by atoms with Crippen molar-refractivity contribution in [1.29, 1.82) is 0 Å². The summed E-state index contributed by atoms with van der Waals surface area (Å²) in [6, 6.07) is 5.14. The Balaban J connectivity index is 2.99. The maximum atomic E-state index is 8.89. The third kappa shape index (κ3) is 2.48. The van der Waals surface area contributed by atoms with E-state index < -0.39 is 0 Å². The maximum absolute atomic E-state index is 8.89. The van der Waals surface area contributed by atoms with Crippen molar-refractivity contribution in [1.82, 2.24) is 0 Å². The van der Waals surface area contributed by atoms with Crippen LogP contribution in [0.3, 0.4) is 0 Å². The normalized spacial score (nSPS) is 9.08. The molecule has 0 unspecified atom stereocenters. The third-order valence-corrected chi connectivity index (χ3v) is 1.63. The number of rotatable bonds is 1. The van der Waals surface area contributed by atoms with Crippen LogP contribution >= 0.6 is 0 Å². The van der Waals surface area contributed by atoms with Crippen molar-refractivity contribution in [3.63, 3.8) is 0 Å². The van der Waals surface area contributed by atoms with Gasteiger partial charge in [-0.1, -0.05) is 11.8 Å². The lowest BCUT2D eigenvalue weighted by molar-refractivity contribution is 0.282. The highest BCUT2D eigenvalue weighted by molar-refractivity contribution is 5.51. The Hall–Kier alpha value is -1.50. The molecule has 0 amide bonds. The van der Waals surface area contributed by atoms with Crippen molar-refractivity contribution in [2.24, 2.45) is 0 Å². The monoisotopic (exact) mass is 177 g/mol. The summed E-state index contributed by atoms with van der Waals surface area (Å²) in [6.45, 7) is -0.265. The minimum Gasteiger partial charge on any atom is -0.398 e. The number of hydrogen-bond acceptors (Lipinski definition) is 3. The van der Waals surface area contributed by atoms with E-state index >= 15 is 0 Å². The molecule has 0 radical (unpaired) electrons. The zero-order valence-electron chi connectivity index (χ0n) is 7.12. The first kappa shape index (κ1) is 9.59. The molecule has 68 valence electrons. The van der Waals surface area contributed by atoms with Crippen molar-refractivity contribution in [2.45, 2.75) is 6.61 Å². The SMILES string of the molecule is Nc1ccc(C#CCO)cc1CO. The Bertz CT molecular complexity index is 350. The first-order valence-corrected chi connectivity index (χ1v) is 3.87. The lowest BCUT2D eigenvalue weighted by Crippen LogP contribution is -1.94. The van der Waals surface area contributed by atoms with Crippen LogP contribution in [0.25, 0.3) is 0 Å². The Morgan fingerprint density at radius 3 is 2.69 bits per heavy atom. The molecule has 0 aromatic heterocycles. The Morgan fingerprint density at radius 1 is 1.31 bits per heavy atom. The molecule has 0 spiro atoms. The summed E-state index contributed by atoms with van der Waals surface area (Å²) in [5.74, 6) is 5.25. The highest BCUT2D eigenvalue weighted by Crippen LogP contribution is 2.13. The predicted octanol–water partition coefficient (Wildman–Crippen LogP) is 0.105. The van der Waals surface area contributed by atoms with E-state index in [4.69, 9.17) is 15.9 Å². The van der Waals surface area contributed by atoms with E-state index in [9.17, 15) is 0 Å². The molecule has 1 rings (SSSR count). The van der Waals surface area contributed by atoms with Gasteiger partial charge >= 0.3 is 0 Å². The maximum Gasteiger partial charge on any atom is 0.104 e. The van der Waals surface area contributed by atoms with Crippen LogP contribution in [0.4, 0.5) is 5.69 Å². The van der Waals surface area contributed by atoms with E-state index in [0.717, 1.165) is 5.56 Å².